The van der Waals surface area contributed by atoms with Crippen molar-refractivity contribution < 1.29 is 0 Å². The van der Waals surface area contributed by atoms with Crippen molar-refractivity contribution in [2.45, 2.75) is 52.4 Å². The van der Waals surface area contributed by atoms with Gasteiger partial charge in [-0.2, -0.15) is 0 Å². The molecular formula is C34H38N2. The number of unbranched alkanes of at least 4 members (excludes halogenated alkanes) is 2. The number of aromatic nitrogens is 1. The van der Waals surface area contributed by atoms with Gasteiger partial charge in [-0.3, -0.25) is 4.68 Å². The molecule has 0 aliphatic carbocycles. The van der Waals surface area contributed by atoms with Crippen molar-refractivity contribution >= 4 is 11.6 Å². The highest BCUT2D eigenvalue weighted by Crippen LogP contribution is 2.29. The molecule has 0 saturated heterocycles. The van der Waals surface area contributed by atoms with Crippen molar-refractivity contribution in [3.8, 4) is 22.4 Å². The van der Waals surface area contributed by atoms with Gasteiger partial charge in [0.05, 0.1) is 5.69 Å². The third kappa shape index (κ3) is 6.46. The van der Waals surface area contributed by atoms with Crippen molar-refractivity contribution in [2.24, 2.45) is 0 Å². The summed E-state index contributed by atoms with van der Waals surface area (Å²) < 4.78 is 1.72. The molecule has 2 nitrogen and oxygen atoms in total. The Kier molecular flexibility index (Phi) is 8.62. The maximum absolute atomic E-state index is 6.38. The average Bonchev–Trinajstić information content (AvgIpc) is 3.31. The van der Waals surface area contributed by atoms with Crippen LogP contribution in [0.3, 0.4) is 0 Å². The molecule has 0 atom stereocenters. The van der Waals surface area contributed by atoms with Crippen LogP contribution in [-0.2, 0) is 12.8 Å². The van der Waals surface area contributed by atoms with Crippen LogP contribution in [0.15, 0.2) is 97.7 Å². The van der Waals surface area contributed by atoms with E-state index in [-0.39, 0.29) is 0 Å². The molecule has 184 valence electrons. The maximum atomic E-state index is 6.38. The normalized spacial score (nSPS) is 11.3. The molecule has 0 radical (unpaired) electrons. The van der Waals surface area contributed by atoms with Crippen LogP contribution in [0.4, 0.5) is 0 Å². The first-order valence-electron chi connectivity index (χ1n) is 13.2. The number of rotatable bonds is 11. The summed E-state index contributed by atoms with van der Waals surface area (Å²) in [6, 6.07) is 28.3. The summed E-state index contributed by atoms with van der Waals surface area (Å²) >= 11 is 0. The SMILES string of the molecule is C=C(/C=C/c1cccc(-c2cc(-c3ccc(CCCC)cc3)cn2N)c1)c1ccc(CCCC)cc1. The largest absolute Gasteiger partial charge is 0.339 e. The zero-order chi connectivity index (χ0) is 25.3. The molecule has 0 unspecified atom stereocenters. The van der Waals surface area contributed by atoms with Crippen LogP contribution in [0, 0.1) is 0 Å². The zero-order valence-corrected chi connectivity index (χ0v) is 21.7. The van der Waals surface area contributed by atoms with E-state index in [0.717, 1.165) is 46.4 Å². The minimum Gasteiger partial charge on any atom is -0.339 e. The summed E-state index contributed by atoms with van der Waals surface area (Å²) in [6.45, 7) is 8.73. The lowest BCUT2D eigenvalue weighted by Gasteiger charge is -2.05. The number of nitrogen functional groups attached to an aromatic ring is 1. The second kappa shape index (κ2) is 12.3. The molecule has 2 heteroatoms. The first-order valence-corrected chi connectivity index (χ1v) is 13.2. The summed E-state index contributed by atoms with van der Waals surface area (Å²) in [7, 11) is 0. The topological polar surface area (TPSA) is 30.9 Å². The summed E-state index contributed by atoms with van der Waals surface area (Å²) in [5.41, 5.74) is 10.5. The molecule has 0 amide bonds. The number of nitrogens with two attached hydrogens (primary N) is 1. The van der Waals surface area contributed by atoms with Crippen LogP contribution < -0.4 is 5.84 Å². The number of benzene rings is 3. The minimum atomic E-state index is 0.997. The Hall–Kier alpha value is -3.78. The third-order valence-corrected chi connectivity index (χ3v) is 6.76. The van der Waals surface area contributed by atoms with E-state index in [1.165, 1.54) is 42.4 Å². The molecule has 1 aromatic heterocycles. The number of hydrogen-bond acceptors (Lipinski definition) is 1. The number of hydrogen-bond donors (Lipinski definition) is 1. The molecule has 0 aliphatic rings. The second-order valence-corrected chi connectivity index (χ2v) is 9.61. The van der Waals surface area contributed by atoms with Crippen LogP contribution in [0.25, 0.3) is 34.0 Å². The van der Waals surface area contributed by atoms with E-state index >= 15 is 0 Å². The average molecular weight is 475 g/mol. The molecule has 0 bridgehead atoms. The van der Waals surface area contributed by atoms with Gasteiger partial charge in [-0.05, 0) is 71.2 Å². The van der Waals surface area contributed by atoms with Gasteiger partial charge in [-0.25, -0.2) is 0 Å². The van der Waals surface area contributed by atoms with E-state index in [1.807, 2.05) is 6.20 Å². The zero-order valence-electron chi connectivity index (χ0n) is 21.7. The summed E-state index contributed by atoms with van der Waals surface area (Å²) in [5, 5.41) is 0. The van der Waals surface area contributed by atoms with Crippen LogP contribution in [0.5, 0.6) is 0 Å². The fourth-order valence-corrected chi connectivity index (χ4v) is 4.47. The van der Waals surface area contributed by atoms with Crippen molar-refractivity contribution in [2.75, 3.05) is 5.84 Å². The van der Waals surface area contributed by atoms with Gasteiger partial charge >= 0.3 is 0 Å². The van der Waals surface area contributed by atoms with Gasteiger partial charge in [0.2, 0.25) is 0 Å². The first kappa shape index (κ1) is 25.3. The molecule has 2 N–H and O–H groups in total. The van der Waals surface area contributed by atoms with E-state index < -0.39 is 0 Å². The van der Waals surface area contributed by atoms with Crippen molar-refractivity contribution in [3.05, 3.63) is 120 Å². The molecular weight excluding hydrogens is 436 g/mol. The van der Waals surface area contributed by atoms with Crippen LogP contribution in [-0.4, -0.2) is 4.68 Å². The number of aryl methyl sites for hydroxylation is 2. The van der Waals surface area contributed by atoms with Gasteiger partial charge in [0, 0.05) is 17.3 Å². The molecule has 0 aliphatic heterocycles. The van der Waals surface area contributed by atoms with Gasteiger partial charge < -0.3 is 5.84 Å². The Morgan fingerprint density at radius 2 is 1.42 bits per heavy atom. The lowest BCUT2D eigenvalue weighted by Crippen LogP contribution is -2.07. The number of nitrogens with zero attached hydrogens (tertiary/aromatic N) is 1. The monoisotopic (exact) mass is 474 g/mol. The quantitative estimate of drug-likeness (QED) is 0.171. The highest BCUT2D eigenvalue weighted by atomic mass is 15.3. The highest BCUT2D eigenvalue weighted by molar-refractivity contribution is 5.79. The second-order valence-electron chi connectivity index (χ2n) is 9.61. The minimum absolute atomic E-state index is 0.997. The molecule has 36 heavy (non-hydrogen) atoms. The van der Waals surface area contributed by atoms with Crippen LogP contribution in [0.1, 0.15) is 61.8 Å². The molecule has 4 aromatic rings. The predicted octanol–water partition coefficient (Wildman–Crippen LogP) is 8.95. The molecule has 0 spiro atoms. The maximum Gasteiger partial charge on any atom is 0.0696 e. The van der Waals surface area contributed by atoms with Gasteiger partial charge in [0.25, 0.3) is 0 Å². The molecule has 4 rings (SSSR count). The molecule has 1 heterocycles. The Bertz CT molecular complexity index is 1300. The summed E-state index contributed by atoms with van der Waals surface area (Å²) in [6.07, 6.45) is 13.4. The van der Waals surface area contributed by atoms with E-state index in [1.54, 1.807) is 4.68 Å². The lowest BCUT2D eigenvalue weighted by molar-refractivity contribution is 0.795. The summed E-state index contributed by atoms with van der Waals surface area (Å²) in [5.74, 6) is 6.38. The van der Waals surface area contributed by atoms with Gasteiger partial charge in [0.1, 0.15) is 0 Å². The molecule has 0 saturated carbocycles. The Balaban J connectivity index is 1.47. The standard InChI is InChI=1S/C34H38N2/c1-4-6-9-27-15-19-30(20-16-27)26(3)13-14-29-11-8-12-32(23-29)34-24-33(25-36(34)35)31-21-17-28(18-22-31)10-7-5-2/h8,11-25H,3-7,9-10,35H2,1-2H3/b14-13+. The fourth-order valence-electron chi connectivity index (χ4n) is 4.47. The smallest absolute Gasteiger partial charge is 0.0696 e. The van der Waals surface area contributed by atoms with Crippen molar-refractivity contribution in [1.29, 1.82) is 0 Å². The molecule has 3 aromatic carbocycles. The summed E-state index contributed by atoms with van der Waals surface area (Å²) in [4.78, 5) is 0. The Morgan fingerprint density at radius 1 is 0.778 bits per heavy atom. The van der Waals surface area contributed by atoms with Crippen LogP contribution >= 0.6 is 0 Å². The van der Waals surface area contributed by atoms with E-state index in [0.29, 0.717) is 0 Å². The molecule has 0 fully saturated rings. The Labute approximate surface area is 216 Å². The van der Waals surface area contributed by atoms with Crippen molar-refractivity contribution in [1.82, 2.24) is 4.68 Å². The van der Waals surface area contributed by atoms with E-state index in [2.05, 4.69) is 111 Å². The number of allylic oxidation sites excluding steroid dienone is 2. The van der Waals surface area contributed by atoms with Gasteiger partial charge in [0.15, 0.2) is 0 Å². The highest BCUT2D eigenvalue weighted by Gasteiger charge is 2.09. The Morgan fingerprint density at radius 3 is 2.06 bits per heavy atom. The van der Waals surface area contributed by atoms with E-state index in [4.69, 9.17) is 5.84 Å². The van der Waals surface area contributed by atoms with Crippen molar-refractivity contribution in [3.63, 3.8) is 0 Å². The lowest BCUT2D eigenvalue weighted by atomic mass is 10.0. The van der Waals surface area contributed by atoms with Gasteiger partial charge in [-0.15, -0.1) is 0 Å². The van der Waals surface area contributed by atoms with E-state index in [9.17, 15) is 0 Å². The fraction of sp³-hybridized carbons (Fsp3) is 0.235. The van der Waals surface area contributed by atoms with Crippen LogP contribution in [0.2, 0.25) is 0 Å². The predicted molar refractivity (Wildman–Crippen MR) is 157 cm³/mol. The van der Waals surface area contributed by atoms with Gasteiger partial charge in [-0.1, -0.05) is 112 Å². The third-order valence-electron chi connectivity index (χ3n) is 6.76. The first-order chi connectivity index (χ1) is 17.6.